The van der Waals surface area contributed by atoms with Gasteiger partial charge in [0.15, 0.2) is 0 Å². The van der Waals surface area contributed by atoms with Crippen molar-refractivity contribution in [3.05, 3.63) is 23.4 Å². The summed E-state index contributed by atoms with van der Waals surface area (Å²) in [5.74, 6) is -0.399. The van der Waals surface area contributed by atoms with E-state index in [0.29, 0.717) is 5.57 Å². The normalized spacial score (nSPS) is 26.8. The molecular weight excluding hydrogens is 156 g/mol. The number of hydrogen-bond acceptors (Lipinski definition) is 4. The van der Waals surface area contributed by atoms with Crippen molar-refractivity contribution in [3.8, 4) is 0 Å². The number of nitrogens with one attached hydrogen (secondary N) is 3. The van der Waals surface area contributed by atoms with Crippen molar-refractivity contribution < 1.29 is 4.79 Å². The van der Waals surface area contributed by atoms with Gasteiger partial charge in [-0.1, -0.05) is 12.2 Å². The quantitative estimate of drug-likeness (QED) is 0.389. The Morgan fingerprint density at radius 3 is 3.25 bits per heavy atom. The minimum absolute atomic E-state index is 0.150. The Labute approximate surface area is 69.6 Å². The molecule has 64 valence electrons. The van der Waals surface area contributed by atoms with Gasteiger partial charge in [0.1, 0.15) is 0 Å². The van der Waals surface area contributed by atoms with E-state index < -0.39 is 5.91 Å². The number of rotatable bonds is 1. The van der Waals surface area contributed by atoms with Crippen molar-refractivity contribution in [2.45, 2.75) is 12.5 Å². The Morgan fingerprint density at radius 1 is 1.67 bits per heavy atom. The fraction of sp³-hybridized carbons (Fsp3) is 0.286. The molecule has 0 aromatic heterocycles. The highest BCUT2D eigenvalue weighted by molar-refractivity contribution is 5.96. The van der Waals surface area contributed by atoms with Gasteiger partial charge in [0.25, 0.3) is 5.91 Å². The molecule has 1 saturated heterocycles. The highest BCUT2D eigenvalue weighted by Crippen LogP contribution is 2.18. The van der Waals surface area contributed by atoms with Crippen LogP contribution in [0.15, 0.2) is 23.4 Å². The first-order chi connectivity index (χ1) is 5.79. The van der Waals surface area contributed by atoms with E-state index in [9.17, 15) is 4.79 Å². The third-order valence-corrected chi connectivity index (χ3v) is 2.00. The van der Waals surface area contributed by atoms with E-state index in [1.54, 1.807) is 6.08 Å². The standard InChI is InChI=1S/C7H10N4O/c8-7(12)4-2-1-3-5-6(4)10-11-9-5/h1-2,5,9-11H,3H2,(H2,8,12). The zero-order valence-corrected chi connectivity index (χ0v) is 6.42. The number of carbonyl (C=O) groups excluding carboxylic acids is 1. The molecule has 1 heterocycles. The summed E-state index contributed by atoms with van der Waals surface area (Å²) in [4.78, 5) is 10.9. The molecule has 1 fully saturated rings. The van der Waals surface area contributed by atoms with Crippen LogP contribution in [-0.2, 0) is 4.79 Å². The predicted molar refractivity (Wildman–Crippen MR) is 43.2 cm³/mol. The van der Waals surface area contributed by atoms with Gasteiger partial charge in [0, 0.05) is 0 Å². The molecule has 0 aromatic carbocycles. The zero-order valence-electron chi connectivity index (χ0n) is 6.42. The van der Waals surface area contributed by atoms with Crippen molar-refractivity contribution in [2.75, 3.05) is 0 Å². The summed E-state index contributed by atoms with van der Waals surface area (Å²) in [5.41, 5.74) is 15.1. The molecule has 0 spiro atoms. The van der Waals surface area contributed by atoms with Crippen LogP contribution in [0.3, 0.4) is 0 Å². The van der Waals surface area contributed by atoms with Gasteiger partial charge in [-0.25, -0.2) is 5.43 Å². The number of fused-ring (bicyclic) bond motifs is 1. The maximum absolute atomic E-state index is 10.9. The van der Waals surface area contributed by atoms with E-state index in [2.05, 4.69) is 16.4 Å². The summed E-state index contributed by atoms with van der Waals surface area (Å²) in [6, 6.07) is 0.150. The van der Waals surface area contributed by atoms with Crippen molar-refractivity contribution in [1.82, 2.24) is 16.4 Å². The maximum atomic E-state index is 10.9. The van der Waals surface area contributed by atoms with Crippen LogP contribution in [0.4, 0.5) is 0 Å². The first-order valence-corrected chi connectivity index (χ1v) is 3.76. The fourth-order valence-corrected chi connectivity index (χ4v) is 1.41. The molecule has 12 heavy (non-hydrogen) atoms. The smallest absolute Gasteiger partial charge is 0.250 e. The Balaban J connectivity index is 2.38. The minimum atomic E-state index is -0.399. The first-order valence-electron chi connectivity index (χ1n) is 3.76. The van der Waals surface area contributed by atoms with Gasteiger partial charge in [0.2, 0.25) is 0 Å². The van der Waals surface area contributed by atoms with E-state index >= 15 is 0 Å². The van der Waals surface area contributed by atoms with Crippen molar-refractivity contribution in [1.29, 1.82) is 0 Å². The molecular formula is C7H10N4O. The molecule has 0 aromatic rings. The molecule has 0 radical (unpaired) electrons. The molecule has 0 bridgehead atoms. The van der Waals surface area contributed by atoms with Crippen LogP contribution >= 0.6 is 0 Å². The Morgan fingerprint density at radius 2 is 2.50 bits per heavy atom. The number of nitrogens with two attached hydrogens (primary N) is 1. The molecule has 5 heteroatoms. The Hall–Kier alpha value is -1.33. The molecule has 5 nitrogen and oxygen atoms in total. The highest BCUT2D eigenvalue weighted by atomic mass is 16.1. The molecule has 1 unspecified atom stereocenters. The molecule has 1 aliphatic heterocycles. The van der Waals surface area contributed by atoms with Crippen LogP contribution in [0.25, 0.3) is 0 Å². The van der Waals surface area contributed by atoms with Gasteiger partial charge in [-0.15, -0.1) is 0 Å². The fourth-order valence-electron chi connectivity index (χ4n) is 1.41. The second-order valence-corrected chi connectivity index (χ2v) is 2.78. The minimum Gasteiger partial charge on any atom is -0.366 e. The summed E-state index contributed by atoms with van der Waals surface area (Å²) in [7, 11) is 0. The SMILES string of the molecule is NC(=O)C1=C2NNNC2CC=C1. The third kappa shape index (κ3) is 0.992. The lowest BCUT2D eigenvalue weighted by atomic mass is 9.99. The van der Waals surface area contributed by atoms with Crippen molar-refractivity contribution >= 4 is 5.91 Å². The van der Waals surface area contributed by atoms with Gasteiger partial charge in [0.05, 0.1) is 17.3 Å². The lowest BCUT2D eigenvalue weighted by Gasteiger charge is -2.14. The van der Waals surface area contributed by atoms with Gasteiger partial charge in [-0.3, -0.25) is 4.79 Å². The molecule has 1 atom stereocenters. The van der Waals surface area contributed by atoms with Crippen molar-refractivity contribution in [3.63, 3.8) is 0 Å². The van der Waals surface area contributed by atoms with E-state index in [1.807, 2.05) is 6.08 Å². The molecule has 2 rings (SSSR count). The lowest BCUT2D eigenvalue weighted by molar-refractivity contribution is -0.114. The van der Waals surface area contributed by atoms with Gasteiger partial charge in [-0.05, 0) is 6.42 Å². The Kier molecular flexibility index (Phi) is 1.60. The van der Waals surface area contributed by atoms with Crippen LogP contribution in [0.2, 0.25) is 0 Å². The van der Waals surface area contributed by atoms with E-state index in [4.69, 9.17) is 5.73 Å². The van der Waals surface area contributed by atoms with Crippen LogP contribution < -0.4 is 22.1 Å². The summed E-state index contributed by atoms with van der Waals surface area (Å²) in [6.45, 7) is 0. The lowest BCUT2D eigenvalue weighted by Crippen LogP contribution is -2.33. The molecule has 5 N–H and O–H groups in total. The van der Waals surface area contributed by atoms with Crippen LogP contribution in [-0.4, -0.2) is 11.9 Å². The van der Waals surface area contributed by atoms with E-state index in [1.165, 1.54) is 0 Å². The van der Waals surface area contributed by atoms with Gasteiger partial charge in [-0.2, -0.15) is 5.53 Å². The average Bonchev–Trinajstić information content (AvgIpc) is 2.49. The summed E-state index contributed by atoms with van der Waals surface area (Å²) in [5, 5.41) is 0. The maximum Gasteiger partial charge on any atom is 0.250 e. The Bertz CT molecular complexity index is 281. The molecule has 2 aliphatic rings. The molecule has 1 aliphatic carbocycles. The first kappa shape index (κ1) is 7.33. The third-order valence-electron chi connectivity index (χ3n) is 2.00. The largest absolute Gasteiger partial charge is 0.366 e. The molecule has 0 saturated carbocycles. The van der Waals surface area contributed by atoms with E-state index in [0.717, 1.165) is 12.1 Å². The number of hydrogen-bond donors (Lipinski definition) is 4. The van der Waals surface area contributed by atoms with E-state index in [-0.39, 0.29) is 6.04 Å². The monoisotopic (exact) mass is 166 g/mol. The number of primary amides is 1. The topological polar surface area (TPSA) is 79.2 Å². The summed E-state index contributed by atoms with van der Waals surface area (Å²) < 4.78 is 0. The number of carbonyl (C=O) groups is 1. The van der Waals surface area contributed by atoms with Crippen LogP contribution in [0, 0.1) is 0 Å². The second kappa shape index (κ2) is 2.62. The zero-order chi connectivity index (χ0) is 8.55. The highest BCUT2D eigenvalue weighted by Gasteiger charge is 2.26. The second-order valence-electron chi connectivity index (χ2n) is 2.78. The summed E-state index contributed by atoms with van der Waals surface area (Å²) >= 11 is 0. The van der Waals surface area contributed by atoms with Gasteiger partial charge >= 0.3 is 0 Å². The van der Waals surface area contributed by atoms with Crippen LogP contribution in [0.1, 0.15) is 6.42 Å². The number of hydrazine groups is 2. The van der Waals surface area contributed by atoms with Gasteiger partial charge < -0.3 is 11.2 Å². The summed E-state index contributed by atoms with van der Waals surface area (Å²) in [6.07, 6.45) is 4.54. The average molecular weight is 166 g/mol. The predicted octanol–water partition coefficient (Wildman–Crippen LogP) is -1.33. The molecule has 1 amide bonds. The van der Waals surface area contributed by atoms with Crippen LogP contribution in [0.5, 0.6) is 0 Å². The van der Waals surface area contributed by atoms with Crippen molar-refractivity contribution in [2.24, 2.45) is 5.73 Å². The number of amides is 1.